The molecule has 3 rings (SSSR count). The summed E-state index contributed by atoms with van der Waals surface area (Å²) < 4.78 is 0. The third-order valence-electron chi connectivity index (χ3n) is 4.05. The van der Waals surface area contributed by atoms with Crippen LogP contribution in [0.3, 0.4) is 0 Å². The molecule has 1 aromatic carbocycles. The van der Waals surface area contributed by atoms with Crippen molar-refractivity contribution in [3.63, 3.8) is 0 Å². The number of nitrogens with zero attached hydrogens (tertiary/aromatic N) is 2. The molecule has 4 nitrogen and oxygen atoms in total. The summed E-state index contributed by atoms with van der Waals surface area (Å²) in [7, 11) is 0. The molecule has 2 heterocycles. The van der Waals surface area contributed by atoms with Gasteiger partial charge in [0.2, 0.25) is 0 Å². The molecule has 0 aliphatic carbocycles. The molecule has 0 saturated carbocycles. The molecule has 118 valence electrons. The first-order chi connectivity index (χ1) is 10.7. The van der Waals surface area contributed by atoms with Crippen molar-refractivity contribution < 1.29 is 5.11 Å². The second-order valence-electron chi connectivity index (χ2n) is 5.99. The summed E-state index contributed by atoms with van der Waals surface area (Å²) in [4.78, 5) is 7.14. The van der Waals surface area contributed by atoms with Crippen molar-refractivity contribution in [2.24, 2.45) is 0 Å². The second kappa shape index (κ2) is 7.22. The number of aliphatic hydroxyl groups is 1. The number of thiazole rings is 1. The summed E-state index contributed by atoms with van der Waals surface area (Å²) in [6, 6.07) is 10.6. The van der Waals surface area contributed by atoms with Crippen molar-refractivity contribution in [2.45, 2.75) is 44.9 Å². The number of benzene rings is 1. The predicted octanol–water partition coefficient (Wildman–Crippen LogP) is 3.62. The van der Waals surface area contributed by atoms with Crippen molar-refractivity contribution >= 4 is 22.2 Å². The fraction of sp³-hybridized carbons (Fsp3) is 0.471. The van der Waals surface area contributed by atoms with Gasteiger partial charge in [0.05, 0.1) is 11.8 Å². The fourth-order valence-electron chi connectivity index (χ4n) is 3.05. The Kier molecular flexibility index (Phi) is 5.08. The molecule has 2 N–H and O–H groups in total. The smallest absolute Gasteiger partial charge is 0.187 e. The quantitative estimate of drug-likeness (QED) is 0.854. The highest BCUT2D eigenvalue weighted by atomic mass is 32.1. The highest BCUT2D eigenvalue weighted by Gasteiger charge is 2.26. The summed E-state index contributed by atoms with van der Waals surface area (Å²) in [6.45, 7) is 3.86. The van der Waals surface area contributed by atoms with E-state index in [4.69, 9.17) is 0 Å². The Morgan fingerprint density at radius 1 is 1.41 bits per heavy atom. The number of aliphatic hydroxyl groups excluding tert-OH is 1. The molecule has 1 aliphatic heterocycles. The summed E-state index contributed by atoms with van der Waals surface area (Å²) in [5.74, 6) is 0. The third-order valence-corrected chi connectivity index (χ3v) is 4.86. The average Bonchev–Trinajstić information content (AvgIpc) is 3.10. The molecule has 0 spiro atoms. The molecule has 1 aromatic heterocycles. The summed E-state index contributed by atoms with van der Waals surface area (Å²) >= 11 is 1.64. The van der Waals surface area contributed by atoms with Crippen molar-refractivity contribution in [1.29, 1.82) is 0 Å². The molecule has 2 aromatic rings. The van der Waals surface area contributed by atoms with Gasteiger partial charge in [-0.25, -0.2) is 4.98 Å². The topological polar surface area (TPSA) is 48.4 Å². The lowest BCUT2D eigenvalue weighted by atomic mass is 10.1. The number of aromatic nitrogens is 1. The number of rotatable bonds is 6. The maximum atomic E-state index is 9.61. The minimum absolute atomic E-state index is 0.226. The van der Waals surface area contributed by atoms with Crippen LogP contribution in [0.5, 0.6) is 0 Å². The molecule has 0 radical (unpaired) electrons. The van der Waals surface area contributed by atoms with Crippen molar-refractivity contribution in [3.8, 4) is 0 Å². The van der Waals surface area contributed by atoms with Crippen LogP contribution in [-0.2, 0) is 6.54 Å². The molecular formula is C17H23N3OS. The largest absolute Gasteiger partial charge is 0.393 e. The molecule has 1 saturated heterocycles. The van der Waals surface area contributed by atoms with Crippen LogP contribution in [0.1, 0.15) is 31.9 Å². The lowest BCUT2D eigenvalue weighted by molar-refractivity contribution is 0.130. The SMILES string of the molecule is CC(O)CC1CCCN1Cc1csc(Nc2ccccc2)n1. The lowest BCUT2D eigenvalue weighted by Crippen LogP contribution is -2.31. The summed E-state index contributed by atoms with van der Waals surface area (Å²) in [5, 5.41) is 16.0. The van der Waals surface area contributed by atoms with E-state index in [0.29, 0.717) is 6.04 Å². The van der Waals surface area contributed by atoms with E-state index in [-0.39, 0.29) is 6.10 Å². The van der Waals surface area contributed by atoms with Gasteiger partial charge < -0.3 is 10.4 Å². The Morgan fingerprint density at radius 2 is 2.23 bits per heavy atom. The minimum atomic E-state index is -0.226. The molecule has 5 heteroatoms. The van der Waals surface area contributed by atoms with Crippen LogP contribution in [0.2, 0.25) is 0 Å². The standard InChI is InChI=1S/C17H23N3OS/c1-13(21)10-16-8-5-9-20(16)11-15-12-22-17(19-15)18-14-6-3-2-4-7-14/h2-4,6-7,12-13,16,21H,5,8-11H2,1H3,(H,18,19). The number of likely N-dealkylation sites (tertiary alicyclic amines) is 1. The average molecular weight is 317 g/mol. The Morgan fingerprint density at radius 3 is 3.00 bits per heavy atom. The number of anilines is 2. The van der Waals surface area contributed by atoms with Gasteiger partial charge in [0.15, 0.2) is 5.13 Å². The first-order valence-electron chi connectivity index (χ1n) is 7.89. The molecule has 1 aliphatic rings. The van der Waals surface area contributed by atoms with Crippen molar-refractivity contribution in [2.75, 3.05) is 11.9 Å². The lowest BCUT2D eigenvalue weighted by Gasteiger charge is -2.24. The van der Waals surface area contributed by atoms with Gasteiger partial charge in [0, 0.05) is 23.7 Å². The second-order valence-corrected chi connectivity index (χ2v) is 6.84. The van der Waals surface area contributed by atoms with E-state index in [1.807, 2.05) is 37.3 Å². The maximum Gasteiger partial charge on any atom is 0.187 e. The van der Waals surface area contributed by atoms with E-state index in [9.17, 15) is 5.11 Å². The number of hydrogen-bond acceptors (Lipinski definition) is 5. The van der Waals surface area contributed by atoms with Gasteiger partial charge in [-0.3, -0.25) is 4.90 Å². The summed E-state index contributed by atoms with van der Waals surface area (Å²) in [5.41, 5.74) is 2.18. The number of nitrogens with one attached hydrogen (secondary N) is 1. The predicted molar refractivity (Wildman–Crippen MR) is 91.6 cm³/mol. The monoisotopic (exact) mass is 317 g/mol. The van der Waals surface area contributed by atoms with Crippen LogP contribution in [0.4, 0.5) is 10.8 Å². The molecule has 0 amide bonds. The molecule has 22 heavy (non-hydrogen) atoms. The van der Waals surface area contributed by atoms with E-state index in [2.05, 4.69) is 20.6 Å². The third kappa shape index (κ3) is 4.06. The number of hydrogen-bond donors (Lipinski definition) is 2. The molecular weight excluding hydrogens is 294 g/mol. The van der Waals surface area contributed by atoms with E-state index < -0.39 is 0 Å². The van der Waals surface area contributed by atoms with Gasteiger partial charge in [-0.1, -0.05) is 18.2 Å². The molecule has 1 fully saturated rings. The minimum Gasteiger partial charge on any atom is -0.393 e. The highest BCUT2D eigenvalue weighted by molar-refractivity contribution is 7.13. The highest BCUT2D eigenvalue weighted by Crippen LogP contribution is 2.26. The zero-order chi connectivity index (χ0) is 15.4. The van der Waals surface area contributed by atoms with Gasteiger partial charge in [0.25, 0.3) is 0 Å². The molecule has 0 bridgehead atoms. The van der Waals surface area contributed by atoms with Crippen LogP contribution in [0, 0.1) is 0 Å². The van der Waals surface area contributed by atoms with Gasteiger partial charge in [-0.05, 0) is 44.9 Å². The van der Waals surface area contributed by atoms with Crippen molar-refractivity contribution in [1.82, 2.24) is 9.88 Å². The fourth-order valence-corrected chi connectivity index (χ4v) is 3.78. The van der Waals surface area contributed by atoms with Crippen LogP contribution in [0.15, 0.2) is 35.7 Å². The van der Waals surface area contributed by atoms with Crippen molar-refractivity contribution in [3.05, 3.63) is 41.4 Å². The first-order valence-corrected chi connectivity index (χ1v) is 8.77. The Hall–Kier alpha value is -1.43. The Labute approximate surface area is 135 Å². The number of para-hydroxylation sites is 1. The van der Waals surface area contributed by atoms with Gasteiger partial charge >= 0.3 is 0 Å². The van der Waals surface area contributed by atoms with E-state index in [1.54, 1.807) is 11.3 Å². The zero-order valence-electron chi connectivity index (χ0n) is 12.9. The molecule has 2 atom stereocenters. The first kappa shape index (κ1) is 15.5. The maximum absolute atomic E-state index is 9.61. The zero-order valence-corrected chi connectivity index (χ0v) is 13.7. The van der Waals surface area contributed by atoms with Crippen LogP contribution in [-0.4, -0.2) is 33.7 Å². The van der Waals surface area contributed by atoms with Crippen LogP contribution >= 0.6 is 11.3 Å². The van der Waals surface area contributed by atoms with E-state index in [0.717, 1.165) is 36.0 Å². The van der Waals surface area contributed by atoms with Gasteiger partial charge in [-0.15, -0.1) is 11.3 Å². The van der Waals surface area contributed by atoms with Gasteiger partial charge in [-0.2, -0.15) is 0 Å². The van der Waals surface area contributed by atoms with Crippen LogP contribution < -0.4 is 5.32 Å². The molecule has 2 unspecified atom stereocenters. The summed E-state index contributed by atoms with van der Waals surface area (Å²) in [6.07, 6.45) is 3.04. The van der Waals surface area contributed by atoms with Crippen LogP contribution in [0.25, 0.3) is 0 Å². The normalized spacial score (nSPS) is 20.2. The van der Waals surface area contributed by atoms with E-state index >= 15 is 0 Å². The Balaban J connectivity index is 1.59. The van der Waals surface area contributed by atoms with E-state index in [1.165, 1.54) is 12.8 Å². The Bertz CT molecular complexity index is 585. The van der Waals surface area contributed by atoms with Gasteiger partial charge in [0.1, 0.15) is 0 Å².